The molecule has 0 radical (unpaired) electrons. The number of carbonyl (C=O) groups is 1. The van der Waals surface area contributed by atoms with Gasteiger partial charge in [-0.15, -0.1) is 0 Å². The minimum absolute atomic E-state index is 0.144. The van der Waals surface area contributed by atoms with Crippen LogP contribution in [0.25, 0.3) is 0 Å². The Morgan fingerprint density at radius 1 is 0.844 bits per heavy atom. The smallest absolute Gasteiger partial charge is 0.274 e. The van der Waals surface area contributed by atoms with Crippen molar-refractivity contribution in [3.63, 3.8) is 0 Å². The molecule has 8 heteroatoms. The van der Waals surface area contributed by atoms with E-state index in [1.54, 1.807) is 4.90 Å². The number of ether oxygens (including phenoxy) is 2. The number of aromatic nitrogens is 2. The molecule has 1 saturated heterocycles. The third-order valence-corrected chi connectivity index (χ3v) is 5.76. The van der Waals surface area contributed by atoms with Gasteiger partial charge in [-0.3, -0.25) is 14.5 Å². The van der Waals surface area contributed by atoms with Gasteiger partial charge in [0.2, 0.25) is 6.79 Å². The summed E-state index contributed by atoms with van der Waals surface area (Å²) >= 11 is 0. The first-order chi connectivity index (χ1) is 15.7. The Kier molecular flexibility index (Phi) is 5.60. The van der Waals surface area contributed by atoms with Gasteiger partial charge >= 0.3 is 0 Å². The standard InChI is InChI=1S/C24H24N4O4/c29-23-9-7-20(25-28(23)16-18-4-2-1-3-5-18)24(30)27-12-10-26(11-13-27)15-19-6-8-21-22(14-19)32-17-31-21/h1-9,14H,10-13,15-17H2. The zero-order valence-electron chi connectivity index (χ0n) is 17.6. The minimum atomic E-state index is -0.223. The van der Waals surface area contributed by atoms with E-state index in [4.69, 9.17) is 9.47 Å². The molecule has 0 spiro atoms. The molecule has 1 fully saturated rings. The molecule has 0 atom stereocenters. The van der Waals surface area contributed by atoms with E-state index in [0.29, 0.717) is 25.3 Å². The first-order valence-electron chi connectivity index (χ1n) is 10.7. The molecule has 2 aromatic carbocycles. The predicted octanol–water partition coefficient (Wildman–Crippen LogP) is 1.98. The molecule has 2 aliphatic rings. The summed E-state index contributed by atoms with van der Waals surface area (Å²) in [5.74, 6) is 1.42. The lowest BCUT2D eigenvalue weighted by atomic mass is 10.1. The average Bonchev–Trinajstić information content (AvgIpc) is 3.29. The highest BCUT2D eigenvalue weighted by Crippen LogP contribution is 2.32. The number of piperazine rings is 1. The van der Waals surface area contributed by atoms with Gasteiger partial charge in [0.15, 0.2) is 11.5 Å². The fraction of sp³-hybridized carbons (Fsp3) is 0.292. The molecule has 0 saturated carbocycles. The summed E-state index contributed by atoms with van der Waals surface area (Å²) in [6, 6.07) is 18.6. The summed E-state index contributed by atoms with van der Waals surface area (Å²) in [7, 11) is 0. The Hall–Kier alpha value is -3.65. The van der Waals surface area contributed by atoms with E-state index in [2.05, 4.69) is 10.00 Å². The van der Waals surface area contributed by atoms with Crippen LogP contribution in [0.15, 0.2) is 65.5 Å². The van der Waals surface area contributed by atoms with Gasteiger partial charge in [-0.2, -0.15) is 5.10 Å². The molecule has 5 rings (SSSR count). The first-order valence-corrected chi connectivity index (χ1v) is 10.7. The molecule has 164 valence electrons. The summed E-state index contributed by atoms with van der Waals surface area (Å²) in [6.45, 7) is 4.16. The van der Waals surface area contributed by atoms with Crippen LogP contribution in [0.5, 0.6) is 11.5 Å². The molecule has 8 nitrogen and oxygen atoms in total. The van der Waals surface area contributed by atoms with Crippen LogP contribution in [0, 0.1) is 0 Å². The first kappa shape index (κ1) is 20.3. The fourth-order valence-electron chi connectivity index (χ4n) is 4.00. The van der Waals surface area contributed by atoms with Crippen LogP contribution >= 0.6 is 0 Å². The highest BCUT2D eigenvalue weighted by Gasteiger charge is 2.24. The topological polar surface area (TPSA) is 76.9 Å². The quantitative estimate of drug-likeness (QED) is 0.614. The summed E-state index contributed by atoms with van der Waals surface area (Å²) in [4.78, 5) is 29.3. The second-order valence-corrected chi connectivity index (χ2v) is 7.96. The second kappa shape index (κ2) is 8.84. The van der Waals surface area contributed by atoms with Crippen LogP contribution in [0.3, 0.4) is 0 Å². The molecule has 0 bridgehead atoms. The van der Waals surface area contributed by atoms with Gasteiger partial charge in [0.25, 0.3) is 11.5 Å². The number of carbonyl (C=O) groups excluding carboxylic acids is 1. The summed E-state index contributed by atoms with van der Waals surface area (Å²) in [6.07, 6.45) is 0. The van der Waals surface area contributed by atoms with E-state index in [1.165, 1.54) is 16.8 Å². The van der Waals surface area contributed by atoms with Gasteiger partial charge in [0.05, 0.1) is 6.54 Å². The number of rotatable bonds is 5. The van der Waals surface area contributed by atoms with Crippen LogP contribution in [0.1, 0.15) is 21.6 Å². The molecule has 0 N–H and O–H groups in total. The summed E-state index contributed by atoms with van der Waals surface area (Å²) < 4.78 is 12.2. The highest BCUT2D eigenvalue weighted by molar-refractivity contribution is 5.92. The normalized spacial score (nSPS) is 15.7. The van der Waals surface area contributed by atoms with Crippen molar-refractivity contribution in [1.82, 2.24) is 19.6 Å². The Morgan fingerprint density at radius 3 is 2.44 bits per heavy atom. The molecule has 3 heterocycles. The molecule has 0 aliphatic carbocycles. The van der Waals surface area contributed by atoms with Gasteiger partial charge in [-0.1, -0.05) is 36.4 Å². The van der Waals surface area contributed by atoms with Crippen LogP contribution < -0.4 is 15.0 Å². The molecule has 3 aromatic rings. The lowest BCUT2D eigenvalue weighted by Crippen LogP contribution is -2.48. The van der Waals surface area contributed by atoms with Gasteiger partial charge in [0.1, 0.15) is 5.69 Å². The predicted molar refractivity (Wildman–Crippen MR) is 118 cm³/mol. The Balaban J connectivity index is 1.21. The maximum absolute atomic E-state index is 13.0. The van der Waals surface area contributed by atoms with E-state index in [-0.39, 0.29) is 18.3 Å². The lowest BCUT2D eigenvalue weighted by Gasteiger charge is -2.34. The summed E-state index contributed by atoms with van der Waals surface area (Å²) in [5, 5.41) is 4.34. The summed E-state index contributed by atoms with van der Waals surface area (Å²) in [5.41, 5.74) is 2.19. The van der Waals surface area contributed by atoms with E-state index >= 15 is 0 Å². The van der Waals surface area contributed by atoms with Crippen LogP contribution in [-0.2, 0) is 13.1 Å². The maximum atomic E-state index is 13.0. The van der Waals surface area contributed by atoms with Crippen molar-refractivity contribution in [2.45, 2.75) is 13.1 Å². The van der Waals surface area contributed by atoms with Crippen molar-refractivity contribution in [2.75, 3.05) is 33.0 Å². The number of hydrogen-bond acceptors (Lipinski definition) is 6. The molecule has 1 aromatic heterocycles. The maximum Gasteiger partial charge on any atom is 0.274 e. The van der Waals surface area contributed by atoms with Gasteiger partial charge in [0, 0.05) is 38.8 Å². The molecule has 1 amide bonds. The van der Waals surface area contributed by atoms with Crippen LogP contribution in [0.4, 0.5) is 0 Å². The average molecular weight is 432 g/mol. The van der Waals surface area contributed by atoms with E-state index in [9.17, 15) is 9.59 Å². The SMILES string of the molecule is O=C(c1ccc(=O)n(Cc2ccccc2)n1)N1CCN(Cc2ccc3c(c2)OCO3)CC1. The Bertz CT molecular complexity index is 1170. The fourth-order valence-corrected chi connectivity index (χ4v) is 4.00. The van der Waals surface area contributed by atoms with Crippen molar-refractivity contribution in [1.29, 1.82) is 0 Å². The van der Waals surface area contributed by atoms with Gasteiger partial charge in [-0.05, 0) is 29.3 Å². The molecule has 2 aliphatic heterocycles. The number of nitrogens with zero attached hydrogens (tertiary/aromatic N) is 4. The second-order valence-electron chi connectivity index (χ2n) is 7.96. The number of hydrogen-bond donors (Lipinski definition) is 0. The largest absolute Gasteiger partial charge is 0.454 e. The number of fused-ring (bicyclic) bond motifs is 1. The molecule has 32 heavy (non-hydrogen) atoms. The van der Waals surface area contributed by atoms with Crippen LogP contribution in [-0.4, -0.2) is 58.5 Å². The van der Waals surface area contributed by atoms with E-state index < -0.39 is 0 Å². The molecule has 0 unspecified atom stereocenters. The van der Waals surface area contributed by atoms with Crippen LogP contribution in [0.2, 0.25) is 0 Å². The third-order valence-electron chi connectivity index (χ3n) is 5.76. The van der Waals surface area contributed by atoms with Crippen molar-refractivity contribution < 1.29 is 14.3 Å². The Morgan fingerprint density at radius 2 is 1.62 bits per heavy atom. The number of amides is 1. The number of benzene rings is 2. The van der Waals surface area contributed by atoms with Crippen molar-refractivity contribution in [2.24, 2.45) is 0 Å². The minimum Gasteiger partial charge on any atom is -0.454 e. The molecular formula is C24H24N4O4. The zero-order valence-corrected chi connectivity index (χ0v) is 17.6. The van der Waals surface area contributed by atoms with E-state index in [0.717, 1.165) is 42.3 Å². The lowest BCUT2D eigenvalue weighted by molar-refractivity contribution is 0.0620. The molecular weight excluding hydrogens is 408 g/mol. The Labute approximate surface area is 185 Å². The monoisotopic (exact) mass is 432 g/mol. The van der Waals surface area contributed by atoms with Crippen molar-refractivity contribution in [3.8, 4) is 11.5 Å². The third kappa shape index (κ3) is 4.36. The van der Waals surface area contributed by atoms with Crippen molar-refractivity contribution >= 4 is 5.91 Å². The highest BCUT2D eigenvalue weighted by atomic mass is 16.7. The zero-order chi connectivity index (χ0) is 21.9. The van der Waals surface area contributed by atoms with Crippen molar-refractivity contribution in [3.05, 3.63) is 87.8 Å². The van der Waals surface area contributed by atoms with Gasteiger partial charge < -0.3 is 14.4 Å². The van der Waals surface area contributed by atoms with E-state index in [1.807, 2.05) is 48.5 Å². The van der Waals surface area contributed by atoms with Gasteiger partial charge in [-0.25, -0.2) is 4.68 Å².